The number of amides is 1. The number of hydrogen-bond acceptors (Lipinski definition) is 3. The fourth-order valence-corrected chi connectivity index (χ4v) is 2.69. The third-order valence-corrected chi connectivity index (χ3v) is 4.17. The molecule has 0 heterocycles. The lowest BCUT2D eigenvalue weighted by atomic mass is 10.0. The summed E-state index contributed by atoms with van der Waals surface area (Å²) in [6.45, 7) is 12.1. The van der Waals surface area contributed by atoms with E-state index in [1.54, 1.807) is 6.07 Å². The summed E-state index contributed by atoms with van der Waals surface area (Å²) in [5.41, 5.74) is 3.52. The van der Waals surface area contributed by atoms with E-state index in [1.807, 2.05) is 43.3 Å². The molecule has 2 aromatic carbocycles. The average Bonchev–Trinajstić information content (AvgIpc) is 2.63. The van der Waals surface area contributed by atoms with Gasteiger partial charge < -0.3 is 14.8 Å². The van der Waals surface area contributed by atoms with Gasteiger partial charge in [-0.3, -0.25) is 4.79 Å². The van der Waals surface area contributed by atoms with Gasteiger partial charge in [0.1, 0.15) is 5.75 Å². The normalized spacial score (nSPS) is 11.1. The topological polar surface area (TPSA) is 47.6 Å². The molecular formula is C23H31NO3. The van der Waals surface area contributed by atoms with Crippen molar-refractivity contribution in [1.29, 1.82) is 0 Å². The lowest BCUT2D eigenvalue weighted by molar-refractivity contribution is 0.0948. The zero-order valence-corrected chi connectivity index (χ0v) is 17.0. The van der Waals surface area contributed by atoms with Gasteiger partial charge in [0.25, 0.3) is 5.91 Å². The van der Waals surface area contributed by atoms with E-state index in [1.165, 1.54) is 5.56 Å². The predicted octanol–water partition coefficient (Wildman–Crippen LogP) is 5.63. The van der Waals surface area contributed by atoms with Crippen molar-refractivity contribution in [2.75, 3.05) is 18.5 Å². The molecule has 0 saturated carbocycles. The maximum absolute atomic E-state index is 12.6. The van der Waals surface area contributed by atoms with Gasteiger partial charge in [-0.2, -0.15) is 0 Å². The van der Waals surface area contributed by atoms with E-state index in [9.17, 15) is 4.79 Å². The molecule has 4 heteroatoms. The SMILES string of the molecule is CCOc1ccc(C(=O)Nc2ccc(C(C)C)cc2)cc1COCC(C)C. The third-order valence-electron chi connectivity index (χ3n) is 4.17. The van der Waals surface area contributed by atoms with Crippen LogP contribution < -0.4 is 10.1 Å². The summed E-state index contributed by atoms with van der Waals surface area (Å²) >= 11 is 0. The van der Waals surface area contributed by atoms with Crippen molar-refractivity contribution < 1.29 is 14.3 Å². The van der Waals surface area contributed by atoms with Crippen LogP contribution in [0.3, 0.4) is 0 Å². The van der Waals surface area contributed by atoms with Gasteiger partial charge in [0.05, 0.1) is 13.2 Å². The summed E-state index contributed by atoms with van der Waals surface area (Å²) in [7, 11) is 0. The molecule has 0 aliphatic carbocycles. The molecule has 0 radical (unpaired) electrons. The highest BCUT2D eigenvalue weighted by molar-refractivity contribution is 6.04. The van der Waals surface area contributed by atoms with Crippen LogP contribution in [0.5, 0.6) is 5.75 Å². The lowest BCUT2D eigenvalue weighted by Crippen LogP contribution is -2.13. The van der Waals surface area contributed by atoms with E-state index in [0.717, 1.165) is 17.0 Å². The lowest BCUT2D eigenvalue weighted by Gasteiger charge is -2.14. The minimum Gasteiger partial charge on any atom is -0.494 e. The van der Waals surface area contributed by atoms with Gasteiger partial charge in [-0.05, 0) is 54.7 Å². The molecule has 0 aliphatic rings. The van der Waals surface area contributed by atoms with Gasteiger partial charge >= 0.3 is 0 Å². The molecule has 0 atom stereocenters. The molecule has 0 fully saturated rings. The molecular weight excluding hydrogens is 338 g/mol. The maximum Gasteiger partial charge on any atom is 0.255 e. The average molecular weight is 370 g/mol. The number of carbonyl (C=O) groups excluding carboxylic acids is 1. The van der Waals surface area contributed by atoms with Crippen LogP contribution in [0, 0.1) is 5.92 Å². The number of carbonyl (C=O) groups is 1. The third kappa shape index (κ3) is 6.40. The predicted molar refractivity (Wildman–Crippen MR) is 111 cm³/mol. The second-order valence-corrected chi connectivity index (χ2v) is 7.40. The van der Waals surface area contributed by atoms with Crippen molar-refractivity contribution in [3.8, 4) is 5.75 Å². The van der Waals surface area contributed by atoms with Crippen LogP contribution in [0.2, 0.25) is 0 Å². The molecule has 0 aliphatic heterocycles. The van der Waals surface area contributed by atoms with Crippen LogP contribution in [0.15, 0.2) is 42.5 Å². The molecule has 0 bridgehead atoms. The first kappa shape index (κ1) is 21.0. The van der Waals surface area contributed by atoms with E-state index < -0.39 is 0 Å². The molecule has 2 aromatic rings. The van der Waals surface area contributed by atoms with Gasteiger partial charge in [-0.1, -0.05) is 39.8 Å². The molecule has 0 aromatic heterocycles. The first-order valence-corrected chi connectivity index (χ1v) is 9.65. The number of nitrogens with one attached hydrogen (secondary N) is 1. The van der Waals surface area contributed by atoms with Gasteiger partial charge in [0, 0.05) is 23.4 Å². The fraction of sp³-hybridized carbons (Fsp3) is 0.435. The zero-order valence-electron chi connectivity index (χ0n) is 17.0. The summed E-state index contributed by atoms with van der Waals surface area (Å²) in [6, 6.07) is 13.4. The second-order valence-electron chi connectivity index (χ2n) is 7.40. The molecule has 0 spiro atoms. The summed E-state index contributed by atoms with van der Waals surface area (Å²) in [6.07, 6.45) is 0. The van der Waals surface area contributed by atoms with Crippen molar-refractivity contribution in [1.82, 2.24) is 0 Å². The first-order chi connectivity index (χ1) is 12.9. The molecule has 0 saturated heterocycles. The highest BCUT2D eigenvalue weighted by Gasteiger charge is 2.12. The highest BCUT2D eigenvalue weighted by atomic mass is 16.5. The second kappa shape index (κ2) is 10.1. The number of ether oxygens (including phenoxy) is 2. The van der Waals surface area contributed by atoms with E-state index in [2.05, 4.69) is 33.0 Å². The molecule has 0 unspecified atom stereocenters. The van der Waals surface area contributed by atoms with Crippen molar-refractivity contribution in [3.05, 3.63) is 59.2 Å². The quantitative estimate of drug-likeness (QED) is 0.623. The van der Waals surface area contributed by atoms with Crippen LogP contribution >= 0.6 is 0 Å². The Morgan fingerprint density at radius 2 is 1.74 bits per heavy atom. The van der Waals surface area contributed by atoms with Crippen LogP contribution in [0.1, 0.15) is 62.0 Å². The summed E-state index contributed by atoms with van der Waals surface area (Å²) in [5, 5.41) is 2.96. The van der Waals surface area contributed by atoms with Gasteiger partial charge in [0.2, 0.25) is 0 Å². The highest BCUT2D eigenvalue weighted by Crippen LogP contribution is 2.23. The van der Waals surface area contributed by atoms with Gasteiger partial charge in [-0.15, -0.1) is 0 Å². The van der Waals surface area contributed by atoms with Crippen molar-refractivity contribution in [3.63, 3.8) is 0 Å². The van der Waals surface area contributed by atoms with Crippen molar-refractivity contribution in [2.45, 2.75) is 47.1 Å². The van der Waals surface area contributed by atoms with Gasteiger partial charge in [-0.25, -0.2) is 0 Å². The minimum absolute atomic E-state index is 0.138. The molecule has 1 N–H and O–H groups in total. The molecule has 1 amide bonds. The Kier molecular flexibility index (Phi) is 7.86. The van der Waals surface area contributed by atoms with Crippen molar-refractivity contribution >= 4 is 11.6 Å². The van der Waals surface area contributed by atoms with Crippen LogP contribution in [-0.4, -0.2) is 19.1 Å². The minimum atomic E-state index is -0.138. The first-order valence-electron chi connectivity index (χ1n) is 9.65. The largest absolute Gasteiger partial charge is 0.494 e. The summed E-state index contributed by atoms with van der Waals surface area (Å²) in [5.74, 6) is 1.55. The number of benzene rings is 2. The summed E-state index contributed by atoms with van der Waals surface area (Å²) in [4.78, 5) is 12.6. The Morgan fingerprint density at radius 1 is 1.04 bits per heavy atom. The van der Waals surface area contributed by atoms with Crippen molar-refractivity contribution in [2.24, 2.45) is 5.92 Å². The smallest absolute Gasteiger partial charge is 0.255 e. The Labute approximate surface area is 162 Å². The van der Waals surface area contributed by atoms with Crippen LogP contribution in [0.25, 0.3) is 0 Å². The summed E-state index contributed by atoms with van der Waals surface area (Å²) < 4.78 is 11.4. The molecule has 4 nitrogen and oxygen atoms in total. The molecule has 146 valence electrons. The van der Waals surface area contributed by atoms with Gasteiger partial charge in [0.15, 0.2) is 0 Å². The van der Waals surface area contributed by atoms with E-state index in [0.29, 0.717) is 37.2 Å². The van der Waals surface area contributed by atoms with E-state index in [4.69, 9.17) is 9.47 Å². The van der Waals surface area contributed by atoms with Crippen LogP contribution in [-0.2, 0) is 11.3 Å². The number of anilines is 1. The molecule has 27 heavy (non-hydrogen) atoms. The standard InChI is InChI=1S/C23H31NO3/c1-6-27-22-12-9-19(13-20(22)15-26-14-16(2)3)23(25)24-21-10-7-18(8-11-21)17(4)5/h7-13,16-17H,6,14-15H2,1-5H3,(H,24,25). The van der Waals surface area contributed by atoms with E-state index in [-0.39, 0.29) is 5.91 Å². The molecule has 2 rings (SSSR count). The number of rotatable bonds is 9. The Bertz CT molecular complexity index is 736. The Balaban J connectivity index is 2.12. The Morgan fingerprint density at radius 3 is 2.33 bits per heavy atom. The zero-order chi connectivity index (χ0) is 19.8. The monoisotopic (exact) mass is 369 g/mol. The maximum atomic E-state index is 12.6. The number of hydrogen-bond donors (Lipinski definition) is 1. The van der Waals surface area contributed by atoms with E-state index >= 15 is 0 Å². The Hall–Kier alpha value is -2.33. The fourth-order valence-electron chi connectivity index (χ4n) is 2.69. The van der Waals surface area contributed by atoms with Crippen LogP contribution in [0.4, 0.5) is 5.69 Å².